The number of aromatic nitrogens is 1. The van der Waals surface area contributed by atoms with Crippen LogP contribution in [0.3, 0.4) is 0 Å². The van der Waals surface area contributed by atoms with Crippen LogP contribution in [0.5, 0.6) is 0 Å². The fraction of sp³-hybridized carbons (Fsp3) is 0.200. The number of ether oxygens (including phenoxy) is 1. The maximum atomic E-state index is 6.01. The Labute approximate surface area is 106 Å². The minimum absolute atomic E-state index is 0.381. The molecule has 0 saturated carbocycles. The maximum Gasteiger partial charge on any atom is 0.236 e. The molecule has 0 spiro atoms. The smallest absolute Gasteiger partial charge is 0.236 e. The van der Waals surface area contributed by atoms with Gasteiger partial charge in [0.1, 0.15) is 5.69 Å². The van der Waals surface area contributed by atoms with Crippen LogP contribution in [0.15, 0.2) is 59.7 Å². The number of benzene rings is 1. The van der Waals surface area contributed by atoms with E-state index in [0.29, 0.717) is 12.4 Å². The summed E-state index contributed by atoms with van der Waals surface area (Å²) in [4.78, 5) is 8.73. The lowest BCUT2D eigenvalue weighted by molar-refractivity contribution is 0.108. The van der Waals surface area contributed by atoms with Gasteiger partial charge in [-0.05, 0) is 24.6 Å². The summed E-state index contributed by atoms with van der Waals surface area (Å²) < 4.78 is 6.01. The lowest BCUT2D eigenvalue weighted by Gasteiger charge is -2.23. The fourth-order valence-corrected chi connectivity index (χ4v) is 2.06. The van der Waals surface area contributed by atoms with Crippen molar-refractivity contribution in [3.8, 4) is 0 Å². The lowest BCUT2D eigenvalue weighted by atomic mass is 9.96. The Morgan fingerprint density at radius 1 is 1.06 bits per heavy atom. The highest BCUT2D eigenvalue weighted by atomic mass is 16.5. The molecule has 0 saturated heterocycles. The molecule has 0 amide bonds. The van der Waals surface area contributed by atoms with Crippen LogP contribution in [-0.4, -0.2) is 17.4 Å². The molecule has 18 heavy (non-hydrogen) atoms. The van der Waals surface area contributed by atoms with Crippen LogP contribution < -0.4 is 0 Å². The van der Waals surface area contributed by atoms with E-state index in [1.807, 2.05) is 36.4 Å². The molecule has 90 valence electrons. The van der Waals surface area contributed by atoms with Gasteiger partial charge in [-0.25, -0.2) is 4.99 Å². The summed E-state index contributed by atoms with van der Waals surface area (Å²) in [6.45, 7) is 2.69. The zero-order valence-electron chi connectivity index (χ0n) is 10.2. The summed E-state index contributed by atoms with van der Waals surface area (Å²) in [6.07, 6.45) is 1.75. The summed E-state index contributed by atoms with van der Waals surface area (Å²) in [5.74, 6) is 0.627. The third-order valence-corrected chi connectivity index (χ3v) is 3.11. The van der Waals surface area contributed by atoms with Crippen LogP contribution in [0.4, 0.5) is 0 Å². The van der Waals surface area contributed by atoms with Gasteiger partial charge in [0.25, 0.3) is 0 Å². The second-order valence-corrected chi connectivity index (χ2v) is 4.54. The van der Waals surface area contributed by atoms with Crippen molar-refractivity contribution in [2.75, 3.05) is 6.54 Å². The van der Waals surface area contributed by atoms with Crippen LogP contribution in [0.1, 0.15) is 18.2 Å². The molecule has 2 heterocycles. The summed E-state index contributed by atoms with van der Waals surface area (Å²) in [5, 5.41) is 0. The quantitative estimate of drug-likeness (QED) is 0.806. The minimum atomic E-state index is -0.381. The van der Waals surface area contributed by atoms with Gasteiger partial charge in [0.2, 0.25) is 5.90 Å². The van der Waals surface area contributed by atoms with Crippen molar-refractivity contribution < 1.29 is 4.74 Å². The summed E-state index contributed by atoms with van der Waals surface area (Å²) in [7, 11) is 0. The van der Waals surface area contributed by atoms with Crippen molar-refractivity contribution >= 4 is 5.90 Å². The minimum Gasteiger partial charge on any atom is -0.463 e. The molecule has 0 aliphatic carbocycles. The summed E-state index contributed by atoms with van der Waals surface area (Å²) >= 11 is 0. The van der Waals surface area contributed by atoms with Crippen LogP contribution in [0, 0.1) is 0 Å². The molecule has 0 fully saturated rings. The number of rotatable bonds is 2. The van der Waals surface area contributed by atoms with Crippen molar-refractivity contribution in [2.24, 2.45) is 4.99 Å². The van der Waals surface area contributed by atoms with E-state index < -0.39 is 0 Å². The Balaban J connectivity index is 1.86. The molecule has 1 aromatic heterocycles. The van der Waals surface area contributed by atoms with Crippen LogP contribution >= 0.6 is 0 Å². The lowest BCUT2D eigenvalue weighted by Crippen LogP contribution is -2.26. The number of nitrogens with zero attached hydrogens (tertiary/aromatic N) is 2. The van der Waals surface area contributed by atoms with Crippen LogP contribution in [0.25, 0.3) is 0 Å². The second-order valence-electron chi connectivity index (χ2n) is 4.54. The molecule has 2 aromatic rings. The molecular weight excluding hydrogens is 224 g/mol. The highest BCUT2D eigenvalue weighted by Crippen LogP contribution is 2.31. The number of aliphatic imine (C=N–C) groups is 1. The van der Waals surface area contributed by atoms with E-state index in [-0.39, 0.29) is 5.60 Å². The standard InChI is InChI=1S/C15H14N2O/c1-15(12-7-3-2-4-8-12)11-17-14(18-15)13-9-5-6-10-16-13/h2-10H,11H2,1H3/t15-/m1/s1. The van der Waals surface area contributed by atoms with Gasteiger partial charge in [-0.15, -0.1) is 0 Å². The molecule has 0 N–H and O–H groups in total. The molecule has 1 aliphatic heterocycles. The average molecular weight is 238 g/mol. The first-order valence-electron chi connectivity index (χ1n) is 5.98. The Bertz CT molecular complexity index is 566. The van der Waals surface area contributed by atoms with Gasteiger partial charge < -0.3 is 4.74 Å². The van der Waals surface area contributed by atoms with E-state index in [0.717, 1.165) is 11.3 Å². The molecule has 1 aromatic carbocycles. The van der Waals surface area contributed by atoms with E-state index in [1.165, 1.54) is 0 Å². The molecule has 3 nitrogen and oxygen atoms in total. The number of hydrogen-bond acceptors (Lipinski definition) is 3. The zero-order valence-corrected chi connectivity index (χ0v) is 10.2. The summed E-state index contributed by atoms with van der Waals surface area (Å²) in [5.41, 5.74) is 1.55. The van der Waals surface area contributed by atoms with Gasteiger partial charge in [0.15, 0.2) is 5.60 Å². The average Bonchev–Trinajstić information content (AvgIpc) is 2.85. The van der Waals surface area contributed by atoms with Crippen molar-refractivity contribution in [2.45, 2.75) is 12.5 Å². The predicted octanol–water partition coefficient (Wildman–Crippen LogP) is 2.77. The second kappa shape index (κ2) is 4.26. The zero-order chi connectivity index (χ0) is 12.4. The Kier molecular flexibility index (Phi) is 2.59. The van der Waals surface area contributed by atoms with Crippen LogP contribution in [0.2, 0.25) is 0 Å². The Hall–Kier alpha value is -2.16. The van der Waals surface area contributed by atoms with Gasteiger partial charge in [-0.2, -0.15) is 0 Å². The third kappa shape index (κ3) is 1.88. The van der Waals surface area contributed by atoms with Gasteiger partial charge in [-0.1, -0.05) is 36.4 Å². The Morgan fingerprint density at radius 2 is 1.83 bits per heavy atom. The number of pyridine rings is 1. The fourth-order valence-electron chi connectivity index (χ4n) is 2.06. The van der Waals surface area contributed by atoms with E-state index in [2.05, 4.69) is 29.0 Å². The van der Waals surface area contributed by atoms with Crippen molar-refractivity contribution in [3.05, 3.63) is 66.0 Å². The molecule has 0 radical (unpaired) electrons. The highest BCUT2D eigenvalue weighted by Gasteiger charge is 2.35. The monoisotopic (exact) mass is 238 g/mol. The van der Waals surface area contributed by atoms with E-state index in [9.17, 15) is 0 Å². The highest BCUT2D eigenvalue weighted by molar-refractivity contribution is 5.93. The normalized spacial score (nSPS) is 22.4. The van der Waals surface area contributed by atoms with Crippen LogP contribution in [-0.2, 0) is 10.3 Å². The Morgan fingerprint density at radius 3 is 2.56 bits per heavy atom. The third-order valence-electron chi connectivity index (χ3n) is 3.11. The molecular formula is C15H14N2O. The molecule has 0 unspecified atom stereocenters. The largest absolute Gasteiger partial charge is 0.463 e. The van der Waals surface area contributed by atoms with Gasteiger partial charge in [0, 0.05) is 6.20 Å². The van der Waals surface area contributed by atoms with Gasteiger partial charge >= 0.3 is 0 Å². The van der Waals surface area contributed by atoms with Crippen molar-refractivity contribution in [1.82, 2.24) is 4.98 Å². The van der Waals surface area contributed by atoms with E-state index in [1.54, 1.807) is 6.20 Å². The predicted molar refractivity (Wildman–Crippen MR) is 70.5 cm³/mol. The first-order valence-corrected chi connectivity index (χ1v) is 5.98. The maximum absolute atomic E-state index is 6.01. The van der Waals surface area contributed by atoms with Gasteiger partial charge in [-0.3, -0.25) is 4.98 Å². The van der Waals surface area contributed by atoms with Crippen molar-refractivity contribution in [1.29, 1.82) is 0 Å². The van der Waals surface area contributed by atoms with E-state index >= 15 is 0 Å². The molecule has 3 rings (SSSR count). The van der Waals surface area contributed by atoms with E-state index in [4.69, 9.17) is 4.74 Å². The first-order chi connectivity index (χ1) is 8.78. The topological polar surface area (TPSA) is 34.5 Å². The summed E-state index contributed by atoms with van der Waals surface area (Å²) in [6, 6.07) is 15.9. The first kappa shape index (κ1) is 11.0. The number of hydrogen-bond donors (Lipinski definition) is 0. The molecule has 1 aliphatic rings. The molecule has 0 bridgehead atoms. The SMILES string of the molecule is C[C@]1(c2ccccc2)CN=C(c2ccccn2)O1. The molecule has 1 atom stereocenters. The van der Waals surface area contributed by atoms with Crippen molar-refractivity contribution in [3.63, 3.8) is 0 Å². The van der Waals surface area contributed by atoms with Gasteiger partial charge in [0.05, 0.1) is 6.54 Å². The molecule has 3 heteroatoms.